The van der Waals surface area contributed by atoms with Crippen LogP contribution in [0.15, 0.2) is 0 Å². The van der Waals surface area contributed by atoms with Gasteiger partial charge < -0.3 is 39.4 Å². The average Bonchev–Trinajstić information content (AvgIpc) is 2.61. The molecule has 0 aromatic heterocycles. The highest BCUT2D eigenvalue weighted by atomic mass is 16.5. The van der Waals surface area contributed by atoms with Crippen LogP contribution >= 0.6 is 0 Å². The van der Waals surface area contributed by atoms with Crippen LogP contribution in [0.2, 0.25) is 0 Å². The van der Waals surface area contributed by atoms with Crippen molar-refractivity contribution >= 4 is 0 Å². The molecule has 4 N–H and O–H groups in total. The number of hydrogen-bond acceptors (Lipinski definition) is 9. The molecule has 0 saturated heterocycles. The van der Waals surface area contributed by atoms with E-state index < -0.39 is 18.3 Å². The van der Waals surface area contributed by atoms with Gasteiger partial charge in [0.2, 0.25) is 0 Å². The van der Waals surface area contributed by atoms with Crippen LogP contribution in [0.3, 0.4) is 0 Å². The molecule has 0 fully saturated rings. The molecule has 9 nitrogen and oxygen atoms in total. The summed E-state index contributed by atoms with van der Waals surface area (Å²) in [6.45, 7) is 9.43. The number of rotatable bonds is 18. The summed E-state index contributed by atoms with van der Waals surface area (Å²) in [6, 6.07) is 0. The Morgan fingerprint density at radius 1 is 0.778 bits per heavy atom. The van der Waals surface area contributed by atoms with Crippen LogP contribution in [-0.4, -0.2) is 115 Å². The van der Waals surface area contributed by atoms with Gasteiger partial charge in [-0.3, -0.25) is 4.90 Å². The Hall–Kier alpha value is -0.360. The van der Waals surface area contributed by atoms with E-state index in [9.17, 15) is 15.3 Å². The Morgan fingerprint density at radius 2 is 1.30 bits per heavy atom. The molecule has 0 bridgehead atoms. The van der Waals surface area contributed by atoms with Crippen LogP contribution in [0.25, 0.3) is 0 Å². The first-order valence-electron chi connectivity index (χ1n) is 9.50. The Bertz CT molecular complexity index is 332. The van der Waals surface area contributed by atoms with Gasteiger partial charge >= 0.3 is 0 Å². The largest absolute Gasteiger partial charge is 0.394 e. The maximum atomic E-state index is 9.66. The van der Waals surface area contributed by atoms with E-state index in [0.29, 0.717) is 26.4 Å². The van der Waals surface area contributed by atoms with Gasteiger partial charge in [0.05, 0.1) is 76.9 Å². The normalized spacial score (nSPS) is 17.7. The van der Waals surface area contributed by atoms with Crippen LogP contribution in [0.4, 0.5) is 0 Å². The highest BCUT2D eigenvalue weighted by Gasteiger charge is 2.13. The summed E-state index contributed by atoms with van der Waals surface area (Å²) in [6.07, 6.45) is -2.17. The van der Waals surface area contributed by atoms with Crippen molar-refractivity contribution in [2.24, 2.45) is 0 Å². The molecule has 0 rings (SSSR count). The zero-order chi connectivity index (χ0) is 20.7. The second kappa shape index (κ2) is 16.6. The lowest BCUT2D eigenvalue weighted by molar-refractivity contribution is -0.0738. The molecule has 0 aliphatic heterocycles. The predicted molar refractivity (Wildman–Crippen MR) is 100 cm³/mol. The predicted octanol–water partition coefficient (Wildman–Crippen LogP) is -0.796. The van der Waals surface area contributed by atoms with Gasteiger partial charge in [0.1, 0.15) is 0 Å². The number of aliphatic hydroxyl groups is 4. The zero-order valence-corrected chi connectivity index (χ0v) is 17.1. The Balaban J connectivity index is 4.06. The monoisotopic (exact) mass is 397 g/mol. The van der Waals surface area contributed by atoms with Crippen LogP contribution in [0, 0.1) is 0 Å². The van der Waals surface area contributed by atoms with E-state index in [1.54, 1.807) is 13.8 Å². The minimum absolute atomic E-state index is 0.126. The first-order chi connectivity index (χ1) is 12.7. The van der Waals surface area contributed by atoms with Crippen LogP contribution in [0.5, 0.6) is 0 Å². The molecule has 5 unspecified atom stereocenters. The van der Waals surface area contributed by atoms with Gasteiger partial charge in [0.15, 0.2) is 0 Å². The van der Waals surface area contributed by atoms with E-state index in [1.165, 1.54) is 0 Å². The van der Waals surface area contributed by atoms with Crippen molar-refractivity contribution < 1.29 is 39.4 Å². The molecule has 9 heteroatoms. The average molecular weight is 398 g/mol. The van der Waals surface area contributed by atoms with E-state index in [4.69, 9.17) is 24.1 Å². The van der Waals surface area contributed by atoms with E-state index in [2.05, 4.69) is 0 Å². The standard InChI is InChI=1S/C18H39NO8/c1-14(21)9-26-16(3)11-24-6-5-19(7-18(23)8-20)13-25-12-17(4)27-10-15(2)22/h14-18,20-23H,5-13H2,1-4H3. The summed E-state index contributed by atoms with van der Waals surface area (Å²) in [5.74, 6) is 0. The lowest BCUT2D eigenvalue weighted by atomic mass is 10.3. The lowest BCUT2D eigenvalue weighted by Crippen LogP contribution is -2.39. The zero-order valence-electron chi connectivity index (χ0n) is 17.1. The number of aliphatic hydroxyl groups excluding tert-OH is 4. The summed E-state index contributed by atoms with van der Waals surface area (Å²) < 4.78 is 22.0. The molecule has 0 aliphatic carbocycles. The Morgan fingerprint density at radius 3 is 1.78 bits per heavy atom. The molecule has 0 amide bonds. The highest BCUT2D eigenvalue weighted by molar-refractivity contribution is 4.62. The summed E-state index contributed by atoms with van der Waals surface area (Å²) in [5, 5.41) is 37.1. The maximum Gasteiger partial charge on any atom is 0.0993 e. The van der Waals surface area contributed by atoms with Crippen molar-refractivity contribution in [3.63, 3.8) is 0 Å². The fourth-order valence-electron chi connectivity index (χ4n) is 2.06. The van der Waals surface area contributed by atoms with E-state index in [0.717, 1.165) is 0 Å². The van der Waals surface area contributed by atoms with E-state index >= 15 is 0 Å². The number of ether oxygens (including phenoxy) is 4. The quantitative estimate of drug-likeness (QED) is 0.174. The molecule has 164 valence electrons. The SMILES string of the molecule is CC(O)COC(C)COCCN(COCC(C)OCC(C)O)CC(O)CO. The molecule has 27 heavy (non-hydrogen) atoms. The first kappa shape index (κ1) is 26.6. The smallest absolute Gasteiger partial charge is 0.0993 e. The van der Waals surface area contributed by atoms with Gasteiger partial charge in [-0.15, -0.1) is 0 Å². The highest BCUT2D eigenvalue weighted by Crippen LogP contribution is 1.99. The van der Waals surface area contributed by atoms with Crippen LogP contribution in [0.1, 0.15) is 27.7 Å². The summed E-state index contributed by atoms with van der Waals surface area (Å²) in [5.41, 5.74) is 0. The van der Waals surface area contributed by atoms with Crippen LogP contribution in [-0.2, 0) is 18.9 Å². The van der Waals surface area contributed by atoms with Crippen molar-refractivity contribution in [3.05, 3.63) is 0 Å². The first-order valence-corrected chi connectivity index (χ1v) is 9.50. The molecule has 0 radical (unpaired) electrons. The van der Waals surface area contributed by atoms with Crippen LogP contribution < -0.4 is 0 Å². The number of hydrogen-bond donors (Lipinski definition) is 4. The van der Waals surface area contributed by atoms with Gasteiger partial charge in [0, 0.05) is 13.1 Å². The molecule has 0 aliphatic rings. The Kier molecular flexibility index (Phi) is 16.4. The molecule has 0 spiro atoms. The second-order valence-corrected chi connectivity index (χ2v) is 6.97. The third kappa shape index (κ3) is 17.5. The van der Waals surface area contributed by atoms with Crippen molar-refractivity contribution in [2.75, 3.05) is 59.5 Å². The Labute approximate surface area is 162 Å². The van der Waals surface area contributed by atoms with E-state index in [-0.39, 0.29) is 45.3 Å². The molecule has 0 aromatic rings. The van der Waals surface area contributed by atoms with Gasteiger partial charge in [-0.05, 0) is 27.7 Å². The third-order valence-corrected chi connectivity index (χ3v) is 3.45. The minimum Gasteiger partial charge on any atom is -0.394 e. The van der Waals surface area contributed by atoms with Gasteiger partial charge in [-0.25, -0.2) is 0 Å². The fraction of sp³-hybridized carbons (Fsp3) is 1.00. The van der Waals surface area contributed by atoms with Crippen molar-refractivity contribution in [1.29, 1.82) is 0 Å². The van der Waals surface area contributed by atoms with Crippen molar-refractivity contribution in [1.82, 2.24) is 4.90 Å². The van der Waals surface area contributed by atoms with Gasteiger partial charge in [-0.2, -0.15) is 0 Å². The lowest BCUT2D eigenvalue weighted by Gasteiger charge is -2.25. The topological polar surface area (TPSA) is 121 Å². The van der Waals surface area contributed by atoms with Crippen molar-refractivity contribution in [2.45, 2.75) is 58.2 Å². The second-order valence-electron chi connectivity index (χ2n) is 6.97. The fourth-order valence-corrected chi connectivity index (χ4v) is 2.06. The minimum atomic E-state index is -0.856. The van der Waals surface area contributed by atoms with E-state index in [1.807, 2.05) is 18.7 Å². The summed E-state index contributed by atoms with van der Waals surface area (Å²) >= 11 is 0. The molecule has 0 saturated carbocycles. The third-order valence-electron chi connectivity index (χ3n) is 3.45. The molecular weight excluding hydrogens is 358 g/mol. The summed E-state index contributed by atoms with van der Waals surface area (Å²) in [4.78, 5) is 1.84. The summed E-state index contributed by atoms with van der Waals surface area (Å²) in [7, 11) is 0. The van der Waals surface area contributed by atoms with Gasteiger partial charge in [-0.1, -0.05) is 0 Å². The maximum absolute atomic E-state index is 9.66. The molecular formula is C18H39NO8. The molecule has 0 heterocycles. The molecule has 0 aromatic carbocycles. The van der Waals surface area contributed by atoms with Gasteiger partial charge in [0.25, 0.3) is 0 Å². The molecule has 5 atom stereocenters. The van der Waals surface area contributed by atoms with Crippen molar-refractivity contribution in [3.8, 4) is 0 Å². The number of nitrogens with zero attached hydrogens (tertiary/aromatic N) is 1.